The van der Waals surface area contributed by atoms with Crippen LogP contribution in [0.25, 0.3) is 11.2 Å². The maximum absolute atomic E-state index is 12.6. The van der Waals surface area contributed by atoms with Crippen LogP contribution in [0.4, 0.5) is 2.87 Å². The predicted octanol–water partition coefficient (Wildman–Crippen LogP) is 2.45. The molecule has 0 fully saturated rings. The van der Waals surface area contributed by atoms with Gasteiger partial charge in [-0.3, -0.25) is 0 Å². The van der Waals surface area contributed by atoms with Crippen LogP contribution in [0.1, 0.15) is 18.3 Å². The van der Waals surface area contributed by atoms with Crippen molar-refractivity contribution >= 4 is 32.9 Å². The molecular formula is C11H12FN3Sn. The Labute approximate surface area is 104 Å². The molecule has 16 heavy (non-hydrogen) atoms. The van der Waals surface area contributed by atoms with Gasteiger partial charge in [-0.2, -0.15) is 0 Å². The zero-order chi connectivity index (χ0) is 11.5. The Morgan fingerprint density at radius 2 is 2.44 bits per heavy atom. The molecule has 2 heterocycles. The summed E-state index contributed by atoms with van der Waals surface area (Å²) in [6.07, 6.45) is 3.83. The summed E-state index contributed by atoms with van der Waals surface area (Å²) in [6, 6.07) is 3.90. The van der Waals surface area contributed by atoms with Crippen molar-refractivity contribution in [2.24, 2.45) is 0 Å². The fourth-order valence-corrected chi connectivity index (χ4v) is 3.23. The molecule has 0 aromatic carbocycles. The molecule has 0 atom stereocenters. The Kier molecular flexibility index (Phi) is 3.58. The molecule has 2 aromatic heterocycles. The molecular weight excluding hydrogens is 312 g/mol. The SMILES string of the molecule is C/C=C(\[CH2][Sn][F])c1cccn2nc(C)nc12. The van der Waals surface area contributed by atoms with E-state index < -0.39 is 21.7 Å². The predicted molar refractivity (Wildman–Crippen MR) is 63.0 cm³/mol. The van der Waals surface area contributed by atoms with Crippen molar-refractivity contribution in [1.29, 1.82) is 0 Å². The van der Waals surface area contributed by atoms with Crippen molar-refractivity contribution in [2.75, 3.05) is 0 Å². The summed E-state index contributed by atoms with van der Waals surface area (Å²) < 4.78 is 14.9. The van der Waals surface area contributed by atoms with Crippen molar-refractivity contribution in [3.63, 3.8) is 0 Å². The summed E-state index contributed by atoms with van der Waals surface area (Å²) in [5, 5.41) is 4.25. The summed E-state index contributed by atoms with van der Waals surface area (Å²) in [4.78, 5) is 4.37. The molecule has 82 valence electrons. The molecule has 3 nitrogen and oxygen atoms in total. The van der Waals surface area contributed by atoms with E-state index in [9.17, 15) is 2.87 Å². The molecule has 0 N–H and O–H groups in total. The van der Waals surface area contributed by atoms with Crippen molar-refractivity contribution in [3.05, 3.63) is 35.8 Å². The quantitative estimate of drug-likeness (QED) is 0.812. The first-order valence-electron chi connectivity index (χ1n) is 5.07. The molecule has 0 aliphatic carbocycles. The summed E-state index contributed by atoms with van der Waals surface area (Å²) in [7, 11) is 0. The van der Waals surface area contributed by atoms with Crippen LogP contribution in [0.3, 0.4) is 0 Å². The van der Waals surface area contributed by atoms with Gasteiger partial charge < -0.3 is 0 Å². The number of aromatic nitrogens is 3. The van der Waals surface area contributed by atoms with E-state index in [1.165, 1.54) is 0 Å². The molecule has 2 radical (unpaired) electrons. The minimum absolute atomic E-state index is 0.589. The number of aryl methyl sites for hydroxylation is 1. The van der Waals surface area contributed by atoms with Crippen LogP contribution in [0.15, 0.2) is 24.4 Å². The van der Waals surface area contributed by atoms with Gasteiger partial charge in [-0.05, 0) is 0 Å². The molecule has 0 unspecified atom stereocenters. The molecule has 0 spiro atoms. The Morgan fingerprint density at radius 3 is 3.12 bits per heavy atom. The van der Waals surface area contributed by atoms with Crippen LogP contribution in [0, 0.1) is 6.92 Å². The van der Waals surface area contributed by atoms with E-state index >= 15 is 0 Å². The van der Waals surface area contributed by atoms with Crippen LogP contribution < -0.4 is 0 Å². The van der Waals surface area contributed by atoms with Crippen LogP contribution in [0.2, 0.25) is 4.44 Å². The van der Waals surface area contributed by atoms with Gasteiger partial charge in [-0.1, -0.05) is 0 Å². The first-order valence-corrected chi connectivity index (χ1v) is 8.17. The zero-order valence-corrected chi connectivity index (χ0v) is 12.1. The molecule has 2 aromatic rings. The number of allylic oxidation sites excluding steroid dienone is 2. The minimum atomic E-state index is -1.72. The van der Waals surface area contributed by atoms with E-state index in [0.717, 1.165) is 22.6 Å². The maximum atomic E-state index is 12.6. The Hall–Kier alpha value is -0.911. The molecule has 0 bridgehead atoms. The molecule has 0 aliphatic rings. The van der Waals surface area contributed by atoms with E-state index in [1.54, 1.807) is 4.52 Å². The summed E-state index contributed by atoms with van der Waals surface area (Å²) in [5.74, 6) is 0.739. The molecule has 0 aliphatic heterocycles. The molecule has 0 saturated heterocycles. The first kappa shape index (κ1) is 11.6. The van der Waals surface area contributed by atoms with E-state index in [0.29, 0.717) is 4.44 Å². The second kappa shape index (κ2) is 4.95. The van der Waals surface area contributed by atoms with Crippen molar-refractivity contribution in [2.45, 2.75) is 18.3 Å². The van der Waals surface area contributed by atoms with Crippen LogP contribution >= 0.6 is 0 Å². The normalized spacial score (nSPS) is 12.3. The number of hydrogen-bond donors (Lipinski definition) is 0. The molecule has 5 heteroatoms. The van der Waals surface area contributed by atoms with E-state index in [-0.39, 0.29) is 0 Å². The molecule has 0 amide bonds. The number of rotatable bonds is 3. The third-order valence-corrected chi connectivity index (χ3v) is 3.89. The topological polar surface area (TPSA) is 30.2 Å². The fourth-order valence-electron chi connectivity index (χ4n) is 1.69. The third kappa shape index (κ3) is 2.11. The van der Waals surface area contributed by atoms with Gasteiger partial charge >= 0.3 is 104 Å². The van der Waals surface area contributed by atoms with E-state index in [4.69, 9.17) is 0 Å². The first-order chi connectivity index (χ1) is 7.76. The fraction of sp³-hybridized carbons (Fsp3) is 0.273. The summed E-state index contributed by atoms with van der Waals surface area (Å²) >= 11 is -1.72. The summed E-state index contributed by atoms with van der Waals surface area (Å²) in [6.45, 7) is 3.80. The van der Waals surface area contributed by atoms with Gasteiger partial charge in [-0.15, -0.1) is 0 Å². The summed E-state index contributed by atoms with van der Waals surface area (Å²) in [5.41, 5.74) is 2.87. The number of halogens is 1. The number of hydrogen-bond acceptors (Lipinski definition) is 2. The van der Waals surface area contributed by atoms with E-state index in [2.05, 4.69) is 10.1 Å². The van der Waals surface area contributed by atoms with Gasteiger partial charge in [0.25, 0.3) is 0 Å². The Bertz CT molecular complexity index is 533. The Balaban J connectivity index is 2.59. The average molecular weight is 324 g/mol. The molecule has 2 rings (SSSR count). The van der Waals surface area contributed by atoms with Crippen molar-refractivity contribution in [1.82, 2.24) is 14.6 Å². The van der Waals surface area contributed by atoms with Gasteiger partial charge in [0, 0.05) is 0 Å². The van der Waals surface area contributed by atoms with Gasteiger partial charge in [0.05, 0.1) is 0 Å². The third-order valence-electron chi connectivity index (χ3n) is 2.42. The second-order valence-electron chi connectivity index (χ2n) is 3.47. The number of fused-ring (bicyclic) bond motifs is 1. The zero-order valence-electron chi connectivity index (χ0n) is 9.24. The number of pyridine rings is 1. The van der Waals surface area contributed by atoms with Crippen LogP contribution in [-0.2, 0) is 0 Å². The standard InChI is InChI=1S/C11H12N3.FH.Sn/c1-4-8(2)10-6-5-7-14-11(10)12-9(3)13-14;;/h4-7H,2H2,1,3H3;1H;/q;;+1/p-1/b8-4+;;. The van der Waals surface area contributed by atoms with Gasteiger partial charge in [0.1, 0.15) is 0 Å². The van der Waals surface area contributed by atoms with Crippen molar-refractivity contribution in [3.8, 4) is 0 Å². The van der Waals surface area contributed by atoms with Gasteiger partial charge in [0.2, 0.25) is 0 Å². The average Bonchev–Trinajstić information content (AvgIpc) is 2.66. The van der Waals surface area contributed by atoms with Crippen LogP contribution in [0.5, 0.6) is 0 Å². The van der Waals surface area contributed by atoms with Gasteiger partial charge in [-0.25, -0.2) is 0 Å². The van der Waals surface area contributed by atoms with Crippen LogP contribution in [-0.4, -0.2) is 36.3 Å². The van der Waals surface area contributed by atoms with E-state index in [1.807, 2.05) is 38.3 Å². The monoisotopic (exact) mass is 325 g/mol. The second-order valence-corrected chi connectivity index (χ2v) is 5.25. The number of nitrogens with zero attached hydrogens (tertiary/aromatic N) is 3. The molecule has 0 saturated carbocycles. The van der Waals surface area contributed by atoms with Gasteiger partial charge in [0.15, 0.2) is 0 Å². The Morgan fingerprint density at radius 1 is 1.62 bits per heavy atom. The van der Waals surface area contributed by atoms with Crippen molar-refractivity contribution < 1.29 is 2.87 Å².